The van der Waals surface area contributed by atoms with Crippen LogP contribution in [0.25, 0.3) is 0 Å². The molecule has 1 aromatic carbocycles. The number of hydrogen-bond donors (Lipinski definition) is 1. The third-order valence-electron chi connectivity index (χ3n) is 3.61. The van der Waals surface area contributed by atoms with Gasteiger partial charge in [0.1, 0.15) is 10.6 Å². The zero-order valence-corrected chi connectivity index (χ0v) is 12.3. The van der Waals surface area contributed by atoms with Gasteiger partial charge in [-0.2, -0.15) is 0 Å². The predicted molar refractivity (Wildman–Crippen MR) is 75.4 cm³/mol. The molecule has 1 aromatic rings. The minimum Gasteiger partial charge on any atom is -0.495 e. The quantitative estimate of drug-likeness (QED) is 0.912. The molecule has 0 bridgehead atoms. The van der Waals surface area contributed by atoms with E-state index in [-0.39, 0.29) is 0 Å². The summed E-state index contributed by atoms with van der Waals surface area (Å²) in [7, 11) is -1.75. The average molecular weight is 283 g/mol. The van der Waals surface area contributed by atoms with Crippen LogP contribution in [0.1, 0.15) is 18.4 Å². The SMILES string of the molecule is COc1ccc(CC2CCNCC2)cc1S(C)(=O)=O. The first-order valence-electron chi connectivity index (χ1n) is 6.58. The van der Waals surface area contributed by atoms with Gasteiger partial charge in [0, 0.05) is 6.26 Å². The molecular weight excluding hydrogens is 262 g/mol. The predicted octanol–water partition coefficient (Wildman–Crippen LogP) is 1.64. The second-order valence-corrected chi connectivity index (χ2v) is 7.14. The van der Waals surface area contributed by atoms with Crippen LogP contribution in [0.15, 0.2) is 23.1 Å². The van der Waals surface area contributed by atoms with Gasteiger partial charge in [-0.05, 0) is 56.0 Å². The number of rotatable bonds is 4. The highest BCUT2D eigenvalue weighted by atomic mass is 32.2. The molecule has 0 atom stereocenters. The van der Waals surface area contributed by atoms with Gasteiger partial charge in [0.2, 0.25) is 0 Å². The van der Waals surface area contributed by atoms with Crippen molar-refractivity contribution in [2.45, 2.75) is 24.2 Å². The van der Waals surface area contributed by atoms with E-state index in [2.05, 4.69) is 5.32 Å². The number of methoxy groups -OCH3 is 1. The minimum atomic E-state index is -3.25. The number of ether oxygens (including phenoxy) is 1. The summed E-state index contributed by atoms with van der Waals surface area (Å²) in [4.78, 5) is 0.293. The first-order chi connectivity index (χ1) is 9.00. The van der Waals surface area contributed by atoms with E-state index in [1.54, 1.807) is 12.1 Å². The van der Waals surface area contributed by atoms with Gasteiger partial charge >= 0.3 is 0 Å². The van der Waals surface area contributed by atoms with Crippen molar-refractivity contribution in [3.8, 4) is 5.75 Å². The first kappa shape index (κ1) is 14.3. The van der Waals surface area contributed by atoms with E-state index in [1.165, 1.54) is 13.4 Å². The van der Waals surface area contributed by atoms with Gasteiger partial charge in [0.15, 0.2) is 9.84 Å². The molecule has 0 radical (unpaired) electrons. The Morgan fingerprint density at radius 1 is 1.32 bits per heavy atom. The van der Waals surface area contributed by atoms with E-state index in [9.17, 15) is 8.42 Å². The summed E-state index contributed by atoms with van der Waals surface area (Å²) in [6.45, 7) is 2.11. The zero-order chi connectivity index (χ0) is 13.9. The molecule has 1 aliphatic rings. The minimum absolute atomic E-state index is 0.293. The van der Waals surface area contributed by atoms with Gasteiger partial charge < -0.3 is 10.1 Å². The summed E-state index contributed by atoms with van der Waals surface area (Å²) >= 11 is 0. The van der Waals surface area contributed by atoms with Gasteiger partial charge in [-0.15, -0.1) is 0 Å². The van der Waals surface area contributed by atoms with Crippen molar-refractivity contribution in [1.82, 2.24) is 5.32 Å². The molecule has 1 heterocycles. The lowest BCUT2D eigenvalue weighted by Crippen LogP contribution is -2.28. The molecule has 1 fully saturated rings. The highest BCUT2D eigenvalue weighted by molar-refractivity contribution is 7.90. The van der Waals surface area contributed by atoms with E-state index >= 15 is 0 Å². The third kappa shape index (κ3) is 3.70. The fourth-order valence-corrected chi connectivity index (χ4v) is 3.44. The summed E-state index contributed by atoms with van der Waals surface area (Å²) in [5.41, 5.74) is 1.08. The van der Waals surface area contributed by atoms with Crippen LogP contribution in [0, 0.1) is 5.92 Å². The molecule has 1 saturated heterocycles. The maximum atomic E-state index is 11.8. The van der Waals surface area contributed by atoms with Gasteiger partial charge in [0.25, 0.3) is 0 Å². The number of benzene rings is 1. The summed E-state index contributed by atoms with van der Waals surface area (Å²) < 4.78 is 28.7. The Labute approximate surface area is 115 Å². The zero-order valence-electron chi connectivity index (χ0n) is 11.5. The maximum absolute atomic E-state index is 11.8. The molecule has 1 N–H and O–H groups in total. The largest absolute Gasteiger partial charge is 0.495 e. The van der Waals surface area contributed by atoms with Crippen LogP contribution in [0.4, 0.5) is 0 Å². The average Bonchev–Trinajstić information content (AvgIpc) is 2.39. The molecule has 5 heteroatoms. The Morgan fingerprint density at radius 3 is 2.58 bits per heavy atom. The number of sulfone groups is 1. The maximum Gasteiger partial charge on any atom is 0.179 e. The van der Waals surface area contributed by atoms with Gasteiger partial charge in [-0.25, -0.2) is 8.42 Å². The molecule has 0 saturated carbocycles. The van der Waals surface area contributed by atoms with Crippen molar-refractivity contribution in [2.24, 2.45) is 5.92 Å². The van der Waals surface area contributed by atoms with Crippen molar-refractivity contribution >= 4 is 9.84 Å². The summed E-state index contributed by atoms with van der Waals surface area (Å²) in [5.74, 6) is 1.07. The Kier molecular flexibility index (Phi) is 4.47. The van der Waals surface area contributed by atoms with Crippen LogP contribution in [0.2, 0.25) is 0 Å². The Hall–Kier alpha value is -1.07. The summed E-state index contributed by atoms with van der Waals surface area (Å²) in [6.07, 6.45) is 4.47. The number of hydrogen-bond acceptors (Lipinski definition) is 4. The lowest BCUT2D eigenvalue weighted by molar-refractivity contribution is 0.371. The lowest BCUT2D eigenvalue weighted by Gasteiger charge is -2.22. The number of piperidine rings is 1. The fraction of sp³-hybridized carbons (Fsp3) is 0.571. The molecule has 19 heavy (non-hydrogen) atoms. The second-order valence-electron chi connectivity index (χ2n) is 5.15. The first-order valence-corrected chi connectivity index (χ1v) is 8.47. The Balaban J connectivity index is 2.22. The van der Waals surface area contributed by atoms with Crippen LogP contribution in [-0.4, -0.2) is 34.9 Å². The standard InChI is InChI=1S/C14H21NO3S/c1-18-13-4-3-12(10-14(13)19(2,16)17)9-11-5-7-15-8-6-11/h3-4,10-11,15H,5-9H2,1-2H3. The van der Waals surface area contributed by atoms with Crippen molar-refractivity contribution in [2.75, 3.05) is 26.5 Å². The van der Waals surface area contributed by atoms with Crippen LogP contribution < -0.4 is 10.1 Å². The van der Waals surface area contributed by atoms with E-state index in [4.69, 9.17) is 4.74 Å². The van der Waals surface area contributed by atoms with E-state index in [0.717, 1.165) is 37.9 Å². The molecule has 0 aromatic heterocycles. The smallest absolute Gasteiger partial charge is 0.179 e. The van der Waals surface area contributed by atoms with Gasteiger partial charge in [0.05, 0.1) is 7.11 Å². The molecule has 0 amide bonds. The lowest BCUT2D eigenvalue weighted by atomic mass is 9.91. The Bertz CT molecular complexity index is 534. The summed E-state index contributed by atoms with van der Waals surface area (Å²) in [5, 5.41) is 3.34. The van der Waals surface area contributed by atoms with Crippen molar-refractivity contribution in [3.05, 3.63) is 23.8 Å². The van der Waals surface area contributed by atoms with E-state index in [0.29, 0.717) is 16.6 Å². The molecule has 0 spiro atoms. The highest BCUT2D eigenvalue weighted by Gasteiger charge is 2.18. The Morgan fingerprint density at radius 2 is 2.00 bits per heavy atom. The van der Waals surface area contributed by atoms with Crippen molar-refractivity contribution in [1.29, 1.82) is 0 Å². The van der Waals surface area contributed by atoms with Crippen molar-refractivity contribution in [3.63, 3.8) is 0 Å². The van der Waals surface area contributed by atoms with Crippen LogP contribution in [0.3, 0.4) is 0 Å². The van der Waals surface area contributed by atoms with Crippen LogP contribution in [-0.2, 0) is 16.3 Å². The monoisotopic (exact) mass is 283 g/mol. The van der Waals surface area contributed by atoms with Gasteiger partial charge in [-0.1, -0.05) is 6.07 Å². The fourth-order valence-electron chi connectivity index (χ4n) is 2.56. The molecule has 106 valence electrons. The molecule has 1 aliphatic heterocycles. The van der Waals surface area contributed by atoms with Crippen LogP contribution >= 0.6 is 0 Å². The van der Waals surface area contributed by atoms with Gasteiger partial charge in [-0.3, -0.25) is 0 Å². The third-order valence-corrected chi connectivity index (χ3v) is 4.73. The molecule has 2 rings (SSSR count). The van der Waals surface area contributed by atoms with Crippen molar-refractivity contribution < 1.29 is 13.2 Å². The van der Waals surface area contributed by atoms with Crippen LogP contribution in [0.5, 0.6) is 5.75 Å². The number of nitrogens with one attached hydrogen (secondary N) is 1. The normalized spacial score (nSPS) is 17.4. The topological polar surface area (TPSA) is 55.4 Å². The molecule has 0 unspecified atom stereocenters. The molecular formula is C14H21NO3S. The molecule has 0 aliphatic carbocycles. The van der Waals surface area contributed by atoms with E-state index in [1.807, 2.05) is 6.07 Å². The van der Waals surface area contributed by atoms with E-state index < -0.39 is 9.84 Å². The highest BCUT2D eigenvalue weighted by Crippen LogP contribution is 2.27. The second kappa shape index (κ2) is 5.92. The summed E-state index contributed by atoms with van der Waals surface area (Å²) in [6, 6.07) is 5.48. The molecule has 4 nitrogen and oxygen atoms in total.